The van der Waals surface area contributed by atoms with Gasteiger partial charge in [0.2, 0.25) is 5.90 Å². The summed E-state index contributed by atoms with van der Waals surface area (Å²) in [6.45, 7) is 0.940. The van der Waals surface area contributed by atoms with Gasteiger partial charge in [-0.1, -0.05) is 70.5 Å². The van der Waals surface area contributed by atoms with Gasteiger partial charge in [0.05, 0.1) is 6.61 Å². The first-order valence-electron chi connectivity index (χ1n) is 14.6. The zero-order chi connectivity index (χ0) is 30.9. The van der Waals surface area contributed by atoms with Crippen molar-refractivity contribution in [2.75, 3.05) is 32.2 Å². The number of aliphatic imine (C=N–C) groups is 1. The van der Waals surface area contributed by atoms with Gasteiger partial charge in [-0.2, -0.15) is 0 Å². The molecule has 0 fully saturated rings. The van der Waals surface area contributed by atoms with E-state index in [1.54, 1.807) is 0 Å². The van der Waals surface area contributed by atoms with Crippen LogP contribution in [0.3, 0.4) is 0 Å². The van der Waals surface area contributed by atoms with E-state index >= 15 is 0 Å². The summed E-state index contributed by atoms with van der Waals surface area (Å²) in [5.74, 6) is 0.771. The number of ether oxygens (including phenoxy) is 2. The monoisotopic (exact) mass is 656 g/mol. The Morgan fingerprint density at radius 3 is 2.30 bits per heavy atom. The van der Waals surface area contributed by atoms with Crippen molar-refractivity contribution in [1.29, 1.82) is 0 Å². The fourth-order valence-corrected chi connectivity index (χ4v) is 5.33. The molecule has 0 aromatic heterocycles. The Labute approximate surface area is 266 Å². The van der Waals surface area contributed by atoms with E-state index in [2.05, 4.69) is 26.8 Å². The van der Waals surface area contributed by atoms with Crippen LogP contribution in [0.1, 0.15) is 34.8 Å². The van der Waals surface area contributed by atoms with Crippen LogP contribution in [0.4, 0.5) is 5.69 Å². The summed E-state index contributed by atoms with van der Waals surface area (Å²) >= 11 is 3.52. The largest absolute Gasteiger partial charge is 0.494 e. The van der Waals surface area contributed by atoms with E-state index in [1.807, 2.05) is 122 Å². The van der Waals surface area contributed by atoms with Crippen molar-refractivity contribution < 1.29 is 19.4 Å². The Bertz CT molecular complexity index is 1540. The standard InChI is InChI=1S/C35H37BrN4O4/c1-40(2)30-17-11-26(12-18-30)24-37-39-34(42)35(23-25-9-15-29(36)16-10-25)32(27-7-4-3-5-8-27)44-33(38-35)28-13-19-31(20-14-28)43-22-6-21-41/h3-5,7-20,32,37,41H,6,21-24H2,1-2H3,(H,39,42)/t32-,35-/m0/s1. The van der Waals surface area contributed by atoms with Crippen LogP contribution in [0, 0.1) is 0 Å². The zero-order valence-electron chi connectivity index (χ0n) is 24.9. The van der Waals surface area contributed by atoms with Crippen LogP contribution in [0.2, 0.25) is 0 Å². The summed E-state index contributed by atoms with van der Waals surface area (Å²) in [6, 6.07) is 33.2. The Morgan fingerprint density at radius 1 is 0.955 bits per heavy atom. The Hall–Kier alpha value is -4.18. The molecule has 1 aliphatic rings. The summed E-state index contributed by atoms with van der Waals surface area (Å²) in [7, 11) is 4.00. The van der Waals surface area contributed by atoms with Crippen LogP contribution in [0.25, 0.3) is 0 Å². The van der Waals surface area contributed by atoms with E-state index in [-0.39, 0.29) is 12.5 Å². The van der Waals surface area contributed by atoms with Gasteiger partial charge in [-0.3, -0.25) is 10.2 Å². The van der Waals surface area contributed by atoms with Crippen LogP contribution >= 0.6 is 15.9 Å². The number of hydrogen-bond donors (Lipinski definition) is 3. The van der Waals surface area contributed by atoms with Gasteiger partial charge in [0, 0.05) is 55.8 Å². The lowest BCUT2D eigenvalue weighted by Gasteiger charge is -2.31. The first kappa shape index (κ1) is 31.3. The van der Waals surface area contributed by atoms with E-state index in [4.69, 9.17) is 19.6 Å². The highest BCUT2D eigenvalue weighted by Crippen LogP contribution is 2.42. The molecule has 9 heteroatoms. The molecule has 2 atom stereocenters. The molecule has 0 spiro atoms. The minimum absolute atomic E-state index is 0.0731. The Balaban J connectivity index is 1.46. The highest BCUT2D eigenvalue weighted by atomic mass is 79.9. The molecule has 228 valence electrons. The molecule has 4 aromatic rings. The molecule has 0 saturated heterocycles. The van der Waals surface area contributed by atoms with Gasteiger partial charge in [-0.05, 0) is 65.2 Å². The molecule has 0 radical (unpaired) electrons. The third-order valence-corrected chi connectivity index (χ3v) is 7.99. The number of halogens is 1. The van der Waals surface area contributed by atoms with Crippen molar-refractivity contribution in [3.8, 4) is 5.75 Å². The number of anilines is 1. The summed E-state index contributed by atoms with van der Waals surface area (Å²) < 4.78 is 13.2. The van der Waals surface area contributed by atoms with Crippen molar-refractivity contribution in [1.82, 2.24) is 10.9 Å². The number of nitrogens with zero attached hydrogens (tertiary/aromatic N) is 2. The maximum Gasteiger partial charge on any atom is 0.266 e. The Morgan fingerprint density at radius 2 is 1.64 bits per heavy atom. The minimum Gasteiger partial charge on any atom is -0.494 e. The van der Waals surface area contributed by atoms with E-state index in [9.17, 15) is 4.79 Å². The molecule has 0 saturated carbocycles. The van der Waals surface area contributed by atoms with Gasteiger partial charge in [0.15, 0.2) is 11.6 Å². The number of hydrazine groups is 1. The lowest BCUT2D eigenvalue weighted by molar-refractivity contribution is -0.130. The molecule has 5 rings (SSSR count). The lowest BCUT2D eigenvalue weighted by Crippen LogP contribution is -2.53. The topological polar surface area (TPSA) is 95.4 Å². The van der Waals surface area contributed by atoms with E-state index < -0.39 is 11.6 Å². The second-order valence-corrected chi connectivity index (χ2v) is 11.8. The molecule has 44 heavy (non-hydrogen) atoms. The quantitative estimate of drug-likeness (QED) is 0.128. The highest BCUT2D eigenvalue weighted by molar-refractivity contribution is 9.10. The fraction of sp³-hybridized carbons (Fsp3) is 0.257. The molecule has 0 unspecified atom stereocenters. The van der Waals surface area contributed by atoms with Gasteiger partial charge in [0.1, 0.15) is 5.75 Å². The second kappa shape index (κ2) is 14.5. The number of aliphatic hydroxyl groups is 1. The minimum atomic E-state index is -1.30. The Kier molecular flexibility index (Phi) is 10.3. The lowest BCUT2D eigenvalue weighted by atomic mass is 9.82. The van der Waals surface area contributed by atoms with E-state index in [0.717, 1.165) is 32.4 Å². The fourth-order valence-electron chi connectivity index (χ4n) is 5.07. The molecule has 0 aliphatic carbocycles. The number of carbonyl (C=O) groups is 1. The predicted octanol–water partition coefficient (Wildman–Crippen LogP) is 5.60. The molecule has 4 aromatic carbocycles. The number of aliphatic hydroxyl groups excluding tert-OH is 1. The summed E-state index contributed by atoms with van der Waals surface area (Å²) in [4.78, 5) is 21.4. The summed E-state index contributed by atoms with van der Waals surface area (Å²) in [6.07, 6.45) is 0.194. The van der Waals surface area contributed by atoms with Gasteiger partial charge < -0.3 is 19.5 Å². The van der Waals surface area contributed by atoms with Crippen molar-refractivity contribution in [3.05, 3.63) is 130 Å². The summed E-state index contributed by atoms with van der Waals surface area (Å²) in [5.41, 5.74) is 9.45. The average Bonchev–Trinajstić information content (AvgIpc) is 3.43. The maximum absolute atomic E-state index is 14.3. The van der Waals surface area contributed by atoms with Crippen molar-refractivity contribution in [3.63, 3.8) is 0 Å². The molecule has 1 heterocycles. The van der Waals surface area contributed by atoms with Gasteiger partial charge >= 0.3 is 0 Å². The zero-order valence-corrected chi connectivity index (χ0v) is 26.5. The van der Waals surface area contributed by atoms with Crippen LogP contribution in [-0.4, -0.2) is 49.8 Å². The molecule has 8 nitrogen and oxygen atoms in total. The van der Waals surface area contributed by atoms with Crippen LogP contribution < -0.4 is 20.5 Å². The number of benzene rings is 4. The second-order valence-electron chi connectivity index (χ2n) is 10.9. The molecule has 3 N–H and O–H groups in total. The van der Waals surface area contributed by atoms with Crippen LogP contribution in [-0.2, 0) is 22.5 Å². The van der Waals surface area contributed by atoms with Gasteiger partial charge in [-0.25, -0.2) is 10.4 Å². The van der Waals surface area contributed by atoms with Crippen molar-refractivity contribution in [2.24, 2.45) is 4.99 Å². The maximum atomic E-state index is 14.3. The number of nitrogens with one attached hydrogen (secondary N) is 2. The van der Waals surface area contributed by atoms with Gasteiger partial charge in [-0.15, -0.1) is 0 Å². The third-order valence-electron chi connectivity index (χ3n) is 7.47. The molecule has 1 aliphatic heterocycles. The van der Waals surface area contributed by atoms with E-state index in [1.165, 1.54) is 0 Å². The third kappa shape index (κ3) is 7.48. The van der Waals surface area contributed by atoms with E-state index in [0.29, 0.717) is 37.6 Å². The normalized spacial score (nSPS) is 17.5. The van der Waals surface area contributed by atoms with Crippen molar-refractivity contribution in [2.45, 2.75) is 31.0 Å². The molecular formula is C35H37BrN4O4. The first-order chi connectivity index (χ1) is 21.4. The molecule has 0 bridgehead atoms. The van der Waals surface area contributed by atoms with Crippen LogP contribution in [0.5, 0.6) is 5.75 Å². The smallest absolute Gasteiger partial charge is 0.266 e. The predicted molar refractivity (Wildman–Crippen MR) is 177 cm³/mol. The number of amides is 1. The average molecular weight is 658 g/mol. The molecular weight excluding hydrogens is 620 g/mol. The first-order valence-corrected chi connectivity index (χ1v) is 15.4. The van der Waals surface area contributed by atoms with Crippen LogP contribution in [0.15, 0.2) is 113 Å². The number of rotatable bonds is 13. The van der Waals surface area contributed by atoms with Crippen molar-refractivity contribution >= 4 is 33.4 Å². The SMILES string of the molecule is CN(C)c1ccc(CNNC(=O)[C@@]2(Cc3ccc(Br)cc3)N=C(c3ccc(OCCCO)cc3)O[C@H]2c2ccccc2)cc1. The van der Waals surface area contributed by atoms with Gasteiger partial charge in [0.25, 0.3) is 5.91 Å². The highest BCUT2D eigenvalue weighted by Gasteiger charge is 2.53. The number of carbonyl (C=O) groups excluding carboxylic acids is 1. The number of hydrogen-bond acceptors (Lipinski definition) is 7. The summed E-state index contributed by atoms with van der Waals surface area (Å²) in [5, 5.41) is 9.05. The molecule has 1 amide bonds.